The summed E-state index contributed by atoms with van der Waals surface area (Å²) in [7, 11) is 0. The highest BCUT2D eigenvalue weighted by atomic mass is 19.1. The topological polar surface area (TPSA) is 67.4 Å². The van der Waals surface area contributed by atoms with E-state index in [0.29, 0.717) is 18.8 Å². The monoisotopic (exact) mass is 358 g/mol. The first kappa shape index (κ1) is 19.4. The van der Waals surface area contributed by atoms with Crippen LogP contribution in [-0.2, 0) is 16.0 Å². The van der Waals surface area contributed by atoms with E-state index in [4.69, 9.17) is 4.74 Å². The average molecular weight is 358 g/mol. The minimum Gasteiger partial charge on any atom is -0.481 e. The number of hydrogen-bond acceptors (Lipinski definition) is 3. The minimum atomic E-state index is -0.633. The zero-order chi connectivity index (χ0) is 18.9. The summed E-state index contributed by atoms with van der Waals surface area (Å²) in [5.74, 6) is -0.131. The zero-order valence-corrected chi connectivity index (χ0v) is 14.9. The second kappa shape index (κ2) is 9.56. The van der Waals surface area contributed by atoms with Crippen LogP contribution in [-0.4, -0.2) is 31.0 Å². The fourth-order valence-electron chi connectivity index (χ4n) is 2.33. The van der Waals surface area contributed by atoms with Gasteiger partial charge in [-0.05, 0) is 49.2 Å². The lowest BCUT2D eigenvalue weighted by Crippen LogP contribution is -2.41. The maximum atomic E-state index is 12.8. The van der Waals surface area contributed by atoms with Crippen LogP contribution in [0.5, 0.6) is 5.75 Å². The van der Waals surface area contributed by atoms with Crippen LogP contribution in [0.1, 0.15) is 18.1 Å². The van der Waals surface area contributed by atoms with Crippen molar-refractivity contribution >= 4 is 11.8 Å². The van der Waals surface area contributed by atoms with E-state index in [1.807, 2.05) is 25.1 Å². The third-order valence-electron chi connectivity index (χ3n) is 3.70. The Bertz CT molecular complexity index is 747. The number of hydrogen-bond donors (Lipinski definition) is 2. The van der Waals surface area contributed by atoms with Crippen molar-refractivity contribution in [2.75, 3.05) is 13.1 Å². The van der Waals surface area contributed by atoms with Crippen molar-refractivity contribution in [3.8, 4) is 5.75 Å². The second-order valence-corrected chi connectivity index (χ2v) is 6.02. The van der Waals surface area contributed by atoms with Gasteiger partial charge in [-0.2, -0.15) is 0 Å². The molecule has 138 valence electrons. The molecule has 2 amide bonds. The van der Waals surface area contributed by atoms with Gasteiger partial charge < -0.3 is 15.4 Å². The van der Waals surface area contributed by atoms with Crippen LogP contribution in [0.25, 0.3) is 0 Å². The number of carbonyl (C=O) groups is 2. The van der Waals surface area contributed by atoms with Crippen LogP contribution in [0.2, 0.25) is 0 Å². The molecule has 26 heavy (non-hydrogen) atoms. The van der Waals surface area contributed by atoms with Crippen LogP contribution in [0.4, 0.5) is 4.39 Å². The van der Waals surface area contributed by atoms with Crippen molar-refractivity contribution in [2.45, 2.75) is 26.4 Å². The molecule has 2 rings (SSSR count). The van der Waals surface area contributed by atoms with Crippen molar-refractivity contribution in [1.29, 1.82) is 0 Å². The largest absolute Gasteiger partial charge is 0.481 e. The van der Waals surface area contributed by atoms with Gasteiger partial charge in [0.05, 0.1) is 6.42 Å². The van der Waals surface area contributed by atoms with Gasteiger partial charge in [0, 0.05) is 13.1 Å². The van der Waals surface area contributed by atoms with Crippen molar-refractivity contribution < 1.29 is 18.7 Å². The Hall–Kier alpha value is -2.89. The summed E-state index contributed by atoms with van der Waals surface area (Å²) in [4.78, 5) is 23.8. The van der Waals surface area contributed by atoms with Gasteiger partial charge in [0.2, 0.25) is 5.91 Å². The van der Waals surface area contributed by atoms with Crippen LogP contribution in [0, 0.1) is 12.7 Å². The van der Waals surface area contributed by atoms with Gasteiger partial charge in [-0.25, -0.2) is 4.39 Å². The molecule has 0 aliphatic heterocycles. The first-order valence-corrected chi connectivity index (χ1v) is 8.46. The molecule has 0 saturated heterocycles. The molecule has 6 heteroatoms. The van der Waals surface area contributed by atoms with Gasteiger partial charge in [-0.15, -0.1) is 0 Å². The fraction of sp³-hybridized carbons (Fsp3) is 0.300. The molecule has 2 aromatic rings. The minimum absolute atomic E-state index is 0.168. The number of benzene rings is 2. The Labute approximate surface area is 152 Å². The number of halogens is 1. The summed E-state index contributed by atoms with van der Waals surface area (Å²) in [6, 6.07) is 13.3. The Morgan fingerprint density at radius 3 is 2.46 bits per heavy atom. The van der Waals surface area contributed by atoms with Crippen LogP contribution < -0.4 is 15.4 Å². The van der Waals surface area contributed by atoms with E-state index in [9.17, 15) is 14.0 Å². The Balaban J connectivity index is 1.66. The van der Waals surface area contributed by atoms with Gasteiger partial charge in [-0.3, -0.25) is 9.59 Å². The number of aryl methyl sites for hydroxylation is 1. The van der Waals surface area contributed by atoms with E-state index in [0.717, 1.165) is 11.1 Å². The molecule has 2 aromatic carbocycles. The highest BCUT2D eigenvalue weighted by molar-refractivity contribution is 5.81. The first-order chi connectivity index (χ1) is 12.4. The maximum Gasteiger partial charge on any atom is 0.260 e. The SMILES string of the molecule is Cc1cccc(OC(C)C(=O)NCCNC(=O)Cc2ccc(F)cc2)c1. The molecule has 0 heterocycles. The van der Waals surface area contributed by atoms with Gasteiger partial charge in [0.25, 0.3) is 5.91 Å². The molecule has 1 unspecified atom stereocenters. The molecule has 0 aromatic heterocycles. The number of ether oxygens (including phenoxy) is 1. The lowest BCUT2D eigenvalue weighted by Gasteiger charge is -2.15. The van der Waals surface area contributed by atoms with Gasteiger partial charge >= 0.3 is 0 Å². The third kappa shape index (κ3) is 6.55. The van der Waals surface area contributed by atoms with Crippen LogP contribution in [0.15, 0.2) is 48.5 Å². The van der Waals surface area contributed by atoms with E-state index in [-0.39, 0.29) is 24.1 Å². The number of rotatable bonds is 8. The van der Waals surface area contributed by atoms with Crippen molar-refractivity contribution in [1.82, 2.24) is 10.6 Å². The lowest BCUT2D eigenvalue weighted by atomic mass is 10.1. The molecule has 0 spiro atoms. The highest BCUT2D eigenvalue weighted by Crippen LogP contribution is 2.14. The summed E-state index contributed by atoms with van der Waals surface area (Å²) >= 11 is 0. The molecule has 0 aliphatic rings. The summed E-state index contributed by atoms with van der Waals surface area (Å²) in [6.07, 6.45) is -0.465. The van der Waals surface area contributed by atoms with E-state index < -0.39 is 6.10 Å². The smallest absolute Gasteiger partial charge is 0.260 e. The number of carbonyl (C=O) groups excluding carboxylic acids is 2. The quantitative estimate of drug-likeness (QED) is 0.712. The Morgan fingerprint density at radius 2 is 1.77 bits per heavy atom. The third-order valence-corrected chi connectivity index (χ3v) is 3.70. The molecule has 0 bridgehead atoms. The molecule has 0 fully saturated rings. The summed E-state index contributed by atoms with van der Waals surface area (Å²) < 4.78 is 18.4. The van der Waals surface area contributed by atoms with E-state index in [2.05, 4.69) is 10.6 Å². The number of amides is 2. The maximum absolute atomic E-state index is 12.8. The predicted molar refractivity (Wildman–Crippen MR) is 97.4 cm³/mol. The van der Waals surface area contributed by atoms with Gasteiger partial charge in [0.15, 0.2) is 6.10 Å². The summed E-state index contributed by atoms with van der Waals surface area (Å²) in [5, 5.41) is 5.42. The highest BCUT2D eigenvalue weighted by Gasteiger charge is 2.14. The van der Waals surface area contributed by atoms with Gasteiger partial charge in [-0.1, -0.05) is 24.3 Å². The average Bonchev–Trinajstić information content (AvgIpc) is 2.60. The summed E-state index contributed by atoms with van der Waals surface area (Å²) in [6.45, 7) is 4.23. The van der Waals surface area contributed by atoms with Crippen LogP contribution in [0.3, 0.4) is 0 Å². The molecule has 1 atom stereocenters. The van der Waals surface area contributed by atoms with Crippen molar-refractivity contribution in [2.24, 2.45) is 0 Å². The Morgan fingerprint density at radius 1 is 1.08 bits per heavy atom. The van der Waals surface area contributed by atoms with E-state index in [1.54, 1.807) is 25.1 Å². The summed E-state index contributed by atoms with van der Waals surface area (Å²) in [5.41, 5.74) is 1.78. The first-order valence-electron chi connectivity index (χ1n) is 8.46. The van der Waals surface area contributed by atoms with Crippen molar-refractivity contribution in [3.63, 3.8) is 0 Å². The molecular formula is C20H23FN2O3. The molecular weight excluding hydrogens is 335 g/mol. The molecule has 0 saturated carbocycles. The predicted octanol–water partition coefficient (Wildman–Crippen LogP) is 2.38. The molecule has 0 aliphatic carbocycles. The lowest BCUT2D eigenvalue weighted by molar-refractivity contribution is -0.127. The fourth-order valence-corrected chi connectivity index (χ4v) is 2.33. The van der Waals surface area contributed by atoms with E-state index >= 15 is 0 Å². The molecule has 5 nitrogen and oxygen atoms in total. The number of nitrogens with one attached hydrogen (secondary N) is 2. The Kier molecular flexibility index (Phi) is 7.14. The van der Waals surface area contributed by atoms with Crippen LogP contribution >= 0.6 is 0 Å². The molecule has 0 radical (unpaired) electrons. The molecule has 2 N–H and O–H groups in total. The van der Waals surface area contributed by atoms with Gasteiger partial charge in [0.1, 0.15) is 11.6 Å². The zero-order valence-electron chi connectivity index (χ0n) is 14.9. The second-order valence-electron chi connectivity index (χ2n) is 6.02. The standard InChI is InChI=1S/C20H23FN2O3/c1-14-4-3-5-18(12-14)26-15(2)20(25)23-11-10-22-19(24)13-16-6-8-17(21)9-7-16/h3-9,12,15H,10-11,13H2,1-2H3,(H,22,24)(H,23,25). The van der Waals surface area contributed by atoms with E-state index in [1.165, 1.54) is 12.1 Å². The van der Waals surface area contributed by atoms with Crippen molar-refractivity contribution in [3.05, 3.63) is 65.5 Å². The normalized spacial score (nSPS) is 11.5.